The van der Waals surface area contributed by atoms with E-state index in [1.807, 2.05) is 0 Å². The Labute approximate surface area is 100 Å². The predicted molar refractivity (Wildman–Crippen MR) is 64.2 cm³/mol. The van der Waals surface area contributed by atoms with Crippen LogP contribution in [0.3, 0.4) is 0 Å². The molecule has 1 aliphatic rings. The molecule has 1 saturated heterocycles. The molecule has 1 fully saturated rings. The third kappa shape index (κ3) is 2.47. The fourth-order valence-electron chi connectivity index (χ4n) is 2.18. The summed E-state index contributed by atoms with van der Waals surface area (Å²) in [7, 11) is 0. The number of aryl methyl sites for hydroxylation is 1. The Hall–Kier alpha value is -1.42. The lowest BCUT2D eigenvalue weighted by Crippen LogP contribution is -2.45. The van der Waals surface area contributed by atoms with Gasteiger partial charge in [0.15, 0.2) is 0 Å². The van der Waals surface area contributed by atoms with Gasteiger partial charge in [-0.2, -0.15) is 0 Å². The van der Waals surface area contributed by atoms with Gasteiger partial charge in [-0.15, -0.1) is 0 Å². The molecule has 1 amide bonds. The average Bonchev–Trinajstić information content (AvgIpc) is 2.32. The van der Waals surface area contributed by atoms with E-state index in [4.69, 9.17) is 5.73 Å². The number of likely N-dealkylation sites (tertiary alicyclic amines) is 1. The number of carbonyl (C=O) groups is 1. The first-order chi connectivity index (χ1) is 8.09. The van der Waals surface area contributed by atoms with Crippen molar-refractivity contribution in [2.45, 2.75) is 25.8 Å². The molecule has 17 heavy (non-hydrogen) atoms. The molecule has 4 heteroatoms. The maximum absolute atomic E-state index is 13.8. The van der Waals surface area contributed by atoms with Crippen LogP contribution in [0.2, 0.25) is 0 Å². The van der Waals surface area contributed by atoms with Crippen LogP contribution in [0.1, 0.15) is 28.8 Å². The fraction of sp³-hybridized carbons (Fsp3) is 0.462. The normalized spacial score (nSPS) is 20.4. The molecule has 0 aromatic heterocycles. The molecule has 0 radical (unpaired) electrons. The molecule has 2 rings (SSSR count). The van der Waals surface area contributed by atoms with Crippen molar-refractivity contribution in [2.75, 3.05) is 13.1 Å². The molecule has 1 unspecified atom stereocenters. The Morgan fingerprint density at radius 3 is 3.00 bits per heavy atom. The molecule has 1 heterocycles. The Morgan fingerprint density at radius 2 is 2.29 bits per heavy atom. The van der Waals surface area contributed by atoms with Crippen LogP contribution in [0.15, 0.2) is 18.2 Å². The summed E-state index contributed by atoms with van der Waals surface area (Å²) in [5.41, 5.74) is 6.47. The molecular weight excluding hydrogens is 219 g/mol. The zero-order chi connectivity index (χ0) is 12.4. The molecule has 0 spiro atoms. The number of benzene rings is 1. The highest BCUT2D eigenvalue weighted by atomic mass is 19.1. The van der Waals surface area contributed by atoms with Gasteiger partial charge in [0.25, 0.3) is 5.91 Å². The summed E-state index contributed by atoms with van der Waals surface area (Å²) in [5, 5.41) is 0. The number of nitrogens with zero attached hydrogens (tertiary/aromatic N) is 1. The number of piperidine rings is 1. The molecule has 2 N–H and O–H groups in total. The van der Waals surface area contributed by atoms with E-state index >= 15 is 0 Å². The van der Waals surface area contributed by atoms with E-state index in [0.717, 1.165) is 12.8 Å². The van der Waals surface area contributed by atoms with Crippen molar-refractivity contribution in [1.29, 1.82) is 0 Å². The minimum atomic E-state index is -0.420. The molecule has 3 nitrogen and oxygen atoms in total. The Bertz CT molecular complexity index is 433. The van der Waals surface area contributed by atoms with Crippen molar-refractivity contribution in [3.8, 4) is 0 Å². The van der Waals surface area contributed by atoms with E-state index in [9.17, 15) is 9.18 Å². The largest absolute Gasteiger partial charge is 0.337 e. The number of nitrogens with two attached hydrogens (primary N) is 1. The molecule has 1 aliphatic heterocycles. The number of halogens is 1. The third-order valence-electron chi connectivity index (χ3n) is 3.17. The summed E-state index contributed by atoms with van der Waals surface area (Å²) < 4.78 is 13.8. The SMILES string of the molecule is Cc1cccc(C(=O)N2CCCC(N)C2)c1F. The van der Waals surface area contributed by atoms with Crippen LogP contribution in [-0.4, -0.2) is 29.9 Å². The van der Waals surface area contributed by atoms with Gasteiger partial charge in [0.2, 0.25) is 0 Å². The number of hydrogen-bond donors (Lipinski definition) is 1. The molecule has 0 saturated carbocycles. The van der Waals surface area contributed by atoms with E-state index in [0.29, 0.717) is 18.7 Å². The lowest BCUT2D eigenvalue weighted by Gasteiger charge is -2.31. The summed E-state index contributed by atoms with van der Waals surface area (Å²) >= 11 is 0. The Morgan fingerprint density at radius 1 is 1.53 bits per heavy atom. The highest BCUT2D eigenvalue weighted by molar-refractivity contribution is 5.94. The minimum Gasteiger partial charge on any atom is -0.337 e. The monoisotopic (exact) mass is 236 g/mol. The number of rotatable bonds is 1. The van der Waals surface area contributed by atoms with Gasteiger partial charge in [0, 0.05) is 19.1 Å². The summed E-state index contributed by atoms with van der Waals surface area (Å²) in [6.45, 7) is 2.85. The first kappa shape index (κ1) is 12.0. The third-order valence-corrected chi connectivity index (χ3v) is 3.17. The second kappa shape index (κ2) is 4.84. The van der Waals surface area contributed by atoms with Gasteiger partial charge in [-0.1, -0.05) is 12.1 Å². The maximum Gasteiger partial charge on any atom is 0.256 e. The van der Waals surface area contributed by atoms with Crippen molar-refractivity contribution < 1.29 is 9.18 Å². The van der Waals surface area contributed by atoms with Gasteiger partial charge in [0.1, 0.15) is 5.82 Å². The molecule has 1 aromatic carbocycles. The van der Waals surface area contributed by atoms with Gasteiger partial charge in [-0.05, 0) is 31.4 Å². The topological polar surface area (TPSA) is 46.3 Å². The number of amides is 1. The van der Waals surface area contributed by atoms with Crippen LogP contribution in [0.25, 0.3) is 0 Å². The van der Waals surface area contributed by atoms with Gasteiger partial charge in [-0.3, -0.25) is 4.79 Å². The highest BCUT2D eigenvalue weighted by Gasteiger charge is 2.24. The van der Waals surface area contributed by atoms with Crippen molar-refractivity contribution in [3.63, 3.8) is 0 Å². The van der Waals surface area contributed by atoms with E-state index < -0.39 is 5.82 Å². The predicted octanol–water partition coefficient (Wildman–Crippen LogP) is 1.70. The van der Waals surface area contributed by atoms with Crippen molar-refractivity contribution >= 4 is 5.91 Å². The van der Waals surface area contributed by atoms with Crippen LogP contribution in [0.5, 0.6) is 0 Å². The van der Waals surface area contributed by atoms with Crippen molar-refractivity contribution in [3.05, 3.63) is 35.1 Å². The summed E-state index contributed by atoms with van der Waals surface area (Å²) in [6, 6.07) is 4.91. The molecular formula is C13H17FN2O. The zero-order valence-corrected chi connectivity index (χ0v) is 9.95. The molecule has 0 bridgehead atoms. The molecule has 0 aliphatic carbocycles. The quantitative estimate of drug-likeness (QED) is 0.806. The number of hydrogen-bond acceptors (Lipinski definition) is 2. The van der Waals surface area contributed by atoms with Crippen LogP contribution < -0.4 is 5.73 Å². The maximum atomic E-state index is 13.8. The molecule has 1 atom stereocenters. The smallest absolute Gasteiger partial charge is 0.256 e. The van der Waals surface area contributed by atoms with Crippen LogP contribution in [-0.2, 0) is 0 Å². The van der Waals surface area contributed by atoms with Crippen molar-refractivity contribution in [1.82, 2.24) is 4.90 Å². The van der Waals surface area contributed by atoms with E-state index in [1.165, 1.54) is 6.07 Å². The van der Waals surface area contributed by atoms with E-state index in [2.05, 4.69) is 0 Å². The minimum absolute atomic E-state index is 0.0144. The van der Waals surface area contributed by atoms with Gasteiger partial charge < -0.3 is 10.6 Å². The first-order valence-electron chi connectivity index (χ1n) is 5.89. The Kier molecular flexibility index (Phi) is 3.43. The summed E-state index contributed by atoms with van der Waals surface area (Å²) in [5.74, 6) is -0.669. The van der Waals surface area contributed by atoms with Crippen LogP contribution in [0, 0.1) is 12.7 Å². The standard InChI is InChI=1S/C13H17FN2O/c1-9-4-2-6-11(12(9)14)13(17)16-7-3-5-10(15)8-16/h2,4,6,10H,3,5,7-8,15H2,1H3. The van der Waals surface area contributed by atoms with Gasteiger partial charge in [0.05, 0.1) is 5.56 Å². The fourth-order valence-corrected chi connectivity index (χ4v) is 2.18. The zero-order valence-electron chi connectivity index (χ0n) is 9.95. The average molecular weight is 236 g/mol. The van der Waals surface area contributed by atoms with Crippen LogP contribution >= 0.6 is 0 Å². The highest BCUT2D eigenvalue weighted by Crippen LogP contribution is 2.17. The Balaban J connectivity index is 2.22. The first-order valence-corrected chi connectivity index (χ1v) is 5.89. The lowest BCUT2D eigenvalue weighted by molar-refractivity contribution is 0.0704. The summed E-state index contributed by atoms with van der Waals surface area (Å²) in [4.78, 5) is 13.8. The number of carbonyl (C=O) groups excluding carboxylic acids is 1. The van der Waals surface area contributed by atoms with E-state index in [1.54, 1.807) is 24.0 Å². The van der Waals surface area contributed by atoms with E-state index in [-0.39, 0.29) is 17.5 Å². The van der Waals surface area contributed by atoms with Crippen LogP contribution in [0.4, 0.5) is 4.39 Å². The van der Waals surface area contributed by atoms with Gasteiger partial charge >= 0.3 is 0 Å². The van der Waals surface area contributed by atoms with Gasteiger partial charge in [-0.25, -0.2) is 4.39 Å². The molecule has 92 valence electrons. The molecule has 1 aromatic rings. The summed E-state index contributed by atoms with van der Waals surface area (Å²) in [6.07, 6.45) is 1.82. The lowest BCUT2D eigenvalue weighted by atomic mass is 10.0. The second-order valence-corrected chi connectivity index (χ2v) is 4.59. The second-order valence-electron chi connectivity index (χ2n) is 4.59. The van der Waals surface area contributed by atoms with Crippen molar-refractivity contribution in [2.24, 2.45) is 5.73 Å².